The Morgan fingerprint density at radius 2 is 1.61 bits per heavy atom. The zero-order valence-corrected chi connectivity index (χ0v) is 17.8. The van der Waals surface area contributed by atoms with Crippen LogP contribution in [0.3, 0.4) is 0 Å². The van der Waals surface area contributed by atoms with Gasteiger partial charge in [-0.25, -0.2) is 0 Å². The topological polar surface area (TPSA) is 64.7 Å². The van der Waals surface area contributed by atoms with Gasteiger partial charge in [0.15, 0.2) is 0 Å². The molecule has 1 unspecified atom stereocenters. The Kier molecular flexibility index (Phi) is 7.83. The van der Waals surface area contributed by atoms with Crippen molar-refractivity contribution in [3.05, 3.63) is 59.7 Å². The summed E-state index contributed by atoms with van der Waals surface area (Å²) in [6.45, 7) is 2.08. The highest BCUT2D eigenvalue weighted by Gasteiger charge is 2.20. The molecule has 6 nitrogen and oxygen atoms in total. The molecule has 0 aliphatic heterocycles. The van der Waals surface area contributed by atoms with Crippen LogP contribution in [0.15, 0.2) is 54.1 Å². The van der Waals surface area contributed by atoms with Crippen molar-refractivity contribution in [1.82, 2.24) is 20.9 Å². The van der Waals surface area contributed by atoms with Crippen LogP contribution in [0.5, 0.6) is 0 Å². The van der Waals surface area contributed by atoms with Gasteiger partial charge in [-0.3, -0.25) is 30.5 Å². The largest absolute Gasteiger partial charge is 0.278 e. The minimum absolute atomic E-state index is 0.285. The molecule has 1 aliphatic carbocycles. The standard InChI is InChI=1S/C20H24N4O2S2/c1-14-9-7-8-12-16(14)20(28)24(3)22-18(26)13-17(25)21-23(2)19(27)15-10-5-4-6-11-15/h4-8,10-12,14H,9,13H2,1-3H3,(H,21,25)(H,22,26). The van der Waals surface area contributed by atoms with Crippen molar-refractivity contribution in [3.8, 4) is 0 Å². The first-order valence-corrected chi connectivity index (χ1v) is 9.68. The molecule has 1 atom stereocenters. The van der Waals surface area contributed by atoms with Crippen molar-refractivity contribution in [2.45, 2.75) is 19.8 Å². The fourth-order valence-electron chi connectivity index (χ4n) is 2.70. The lowest BCUT2D eigenvalue weighted by molar-refractivity contribution is -0.132. The predicted octanol–water partition coefficient (Wildman–Crippen LogP) is 2.53. The average Bonchev–Trinajstić information content (AvgIpc) is 2.67. The number of hydrogen-bond acceptors (Lipinski definition) is 4. The number of amides is 2. The number of allylic oxidation sites excluding steroid dienone is 3. The quantitative estimate of drug-likeness (QED) is 0.447. The molecule has 0 bridgehead atoms. The molecule has 148 valence electrons. The number of carbonyl (C=O) groups is 2. The summed E-state index contributed by atoms with van der Waals surface area (Å²) < 4.78 is 0. The van der Waals surface area contributed by atoms with Crippen LogP contribution in [0.25, 0.3) is 0 Å². The molecule has 0 saturated heterocycles. The van der Waals surface area contributed by atoms with E-state index in [0.717, 1.165) is 17.6 Å². The molecule has 1 aliphatic rings. The van der Waals surface area contributed by atoms with Gasteiger partial charge in [-0.15, -0.1) is 0 Å². The van der Waals surface area contributed by atoms with E-state index < -0.39 is 11.8 Å². The second-order valence-corrected chi connectivity index (χ2v) is 7.30. The third kappa shape index (κ3) is 5.97. The monoisotopic (exact) mass is 416 g/mol. The Labute approximate surface area is 176 Å². The molecule has 2 amide bonds. The van der Waals surface area contributed by atoms with E-state index in [-0.39, 0.29) is 12.3 Å². The summed E-state index contributed by atoms with van der Waals surface area (Å²) in [6.07, 6.45) is 6.55. The van der Waals surface area contributed by atoms with Gasteiger partial charge in [-0.1, -0.05) is 79.9 Å². The number of rotatable bonds is 4. The molecule has 0 saturated carbocycles. The molecule has 1 aromatic rings. The van der Waals surface area contributed by atoms with Gasteiger partial charge in [0.1, 0.15) is 16.4 Å². The molecule has 0 heterocycles. The SMILES string of the molecule is CC1CC=CC=C1C(=S)N(C)NC(=O)CC(=O)NN(C)C(=S)c1ccccc1. The Morgan fingerprint density at radius 1 is 1.04 bits per heavy atom. The van der Waals surface area contributed by atoms with E-state index in [1.807, 2.05) is 42.5 Å². The van der Waals surface area contributed by atoms with Gasteiger partial charge in [0, 0.05) is 19.7 Å². The van der Waals surface area contributed by atoms with Crippen molar-refractivity contribution in [2.24, 2.45) is 5.92 Å². The van der Waals surface area contributed by atoms with E-state index in [9.17, 15) is 9.59 Å². The number of nitrogens with one attached hydrogen (secondary N) is 2. The van der Waals surface area contributed by atoms with E-state index in [0.29, 0.717) is 9.98 Å². The summed E-state index contributed by atoms with van der Waals surface area (Å²) in [4.78, 5) is 25.3. The lowest BCUT2D eigenvalue weighted by atomic mass is 9.93. The zero-order chi connectivity index (χ0) is 20.7. The van der Waals surface area contributed by atoms with Crippen molar-refractivity contribution in [1.29, 1.82) is 0 Å². The normalized spacial score (nSPS) is 15.2. The lowest BCUT2D eigenvalue weighted by Gasteiger charge is -2.26. The molecule has 2 N–H and O–H groups in total. The van der Waals surface area contributed by atoms with Crippen LogP contribution >= 0.6 is 24.4 Å². The number of hydrazine groups is 2. The predicted molar refractivity (Wildman–Crippen MR) is 118 cm³/mol. The molecule has 0 spiro atoms. The molecule has 0 radical (unpaired) electrons. The summed E-state index contributed by atoms with van der Waals surface area (Å²) in [5.41, 5.74) is 7.03. The Morgan fingerprint density at radius 3 is 2.18 bits per heavy atom. The van der Waals surface area contributed by atoms with E-state index >= 15 is 0 Å². The summed E-state index contributed by atoms with van der Waals surface area (Å²) in [7, 11) is 3.30. The van der Waals surface area contributed by atoms with Crippen molar-refractivity contribution >= 4 is 46.2 Å². The van der Waals surface area contributed by atoms with Gasteiger partial charge in [0.2, 0.25) is 11.8 Å². The van der Waals surface area contributed by atoms with Crippen LogP contribution in [0.2, 0.25) is 0 Å². The number of benzene rings is 1. The third-order valence-corrected chi connectivity index (χ3v) is 5.23. The summed E-state index contributed by atoms with van der Waals surface area (Å²) in [6, 6.07) is 9.31. The minimum atomic E-state index is -0.467. The summed E-state index contributed by atoms with van der Waals surface area (Å²) in [5.74, 6) is -0.639. The molecule has 0 fully saturated rings. The van der Waals surface area contributed by atoms with Gasteiger partial charge in [-0.05, 0) is 17.9 Å². The average molecular weight is 417 g/mol. The van der Waals surface area contributed by atoms with Gasteiger partial charge in [-0.2, -0.15) is 0 Å². The van der Waals surface area contributed by atoms with Crippen LogP contribution in [-0.2, 0) is 9.59 Å². The van der Waals surface area contributed by atoms with E-state index in [1.165, 1.54) is 10.0 Å². The first-order chi connectivity index (χ1) is 13.3. The Bertz CT molecular complexity index is 821. The maximum Gasteiger partial charge on any atom is 0.248 e. The number of thiocarbonyl (C=S) groups is 2. The molecular weight excluding hydrogens is 392 g/mol. The molecular formula is C20H24N4O2S2. The third-order valence-electron chi connectivity index (χ3n) is 4.22. The fourth-order valence-corrected chi connectivity index (χ4v) is 3.19. The molecule has 8 heteroatoms. The van der Waals surface area contributed by atoms with Gasteiger partial charge in [0.25, 0.3) is 0 Å². The highest BCUT2D eigenvalue weighted by Crippen LogP contribution is 2.21. The molecule has 28 heavy (non-hydrogen) atoms. The Balaban J connectivity index is 1.84. The number of likely N-dealkylation sites (N-methyl/N-ethyl adjacent to an activating group) is 1. The second kappa shape index (κ2) is 10.1. The zero-order valence-electron chi connectivity index (χ0n) is 16.1. The first kappa shape index (κ1) is 21.7. The lowest BCUT2D eigenvalue weighted by Crippen LogP contribution is -2.48. The van der Waals surface area contributed by atoms with Crippen LogP contribution in [0, 0.1) is 5.92 Å². The van der Waals surface area contributed by atoms with Gasteiger partial charge in [0.05, 0.1) is 0 Å². The summed E-state index contributed by atoms with van der Waals surface area (Å²) in [5, 5.41) is 2.90. The van der Waals surface area contributed by atoms with Gasteiger partial charge >= 0.3 is 0 Å². The Hall–Kier alpha value is -2.58. The van der Waals surface area contributed by atoms with E-state index in [2.05, 4.69) is 23.9 Å². The molecule has 1 aromatic carbocycles. The number of hydrogen-bond donors (Lipinski definition) is 2. The number of nitrogens with zero attached hydrogens (tertiary/aromatic N) is 2. The highest BCUT2D eigenvalue weighted by molar-refractivity contribution is 7.80. The minimum Gasteiger partial charge on any atom is -0.278 e. The molecule has 2 rings (SSSR count). The maximum absolute atomic E-state index is 12.2. The van der Waals surface area contributed by atoms with Crippen molar-refractivity contribution in [3.63, 3.8) is 0 Å². The first-order valence-electron chi connectivity index (χ1n) is 8.86. The van der Waals surface area contributed by atoms with Crippen LogP contribution in [0.1, 0.15) is 25.3 Å². The van der Waals surface area contributed by atoms with Crippen LogP contribution in [0.4, 0.5) is 0 Å². The number of carbonyl (C=O) groups excluding carboxylic acids is 2. The highest BCUT2D eigenvalue weighted by atomic mass is 32.1. The smallest absolute Gasteiger partial charge is 0.248 e. The van der Waals surface area contributed by atoms with Gasteiger partial charge < -0.3 is 0 Å². The molecule has 0 aromatic heterocycles. The van der Waals surface area contributed by atoms with Crippen LogP contribution in [-0.4, -0.2) is 45.9 Å². The fraction of sp³-hybridized carbons (Fsp3) is 0.300. The van der Waals surface area contributed by atoms with E-state index in [4.69, 9.17) is 24.4 Å². The van der Waals surface area contributed by atoms with Crippen molar-refractivity contribution < 1.29 is 9.59 Å². The second-order valence-electron chi connectivity index (χ2n) is 6.53. The van der Waals surface area contributed by atoms with E-state index in [1.54, 1.807) is 14.1 Å². The summed E-state index contributed by atoms with van der Waals surface area (Å²) >= 11 is 10.8. The van der Waals surface area contributed by atoms with Crippen molar-refractivity contribution in [2.75, 3.05) is 14.1 Å². The maximum atomic E-state index is 12.2. The van der Waals surface area contributed by atoms with Crippen LogP contribution < -0.4 is 10.9 Å².